The topological polar surface area (TPSA) is 62.7 Å². The SMILES string of the molecule is CCn1c(CNC(=O)C=C(C)c2ccccc2C(F)(F)F)n[nH]c1=S. The van der Waals surface area contributed by atoms with Crippen LogP contribution in [0.1, 0.15) is 30.8 Å². The van der Waals surface area contributed by atoms with Gasteiger partial charge in [0.15, 0.2) is 10.6 Å². The van der Waals surface area contributed by atoms with Crippen molar-refractivity contribution in [2.45, 2.75) is 33.1 Å². The molecule has 0 aliphatic rings. The third kappa shape index (κ3) is 4.56. The lowest BCUT2D eigenvalue weighted by atomic mass is 10.00. The number of amides is 1. The van der Waals surface area contributed by atoms with E-state index in [9.17, 15) is 18.0 Å². The van der Waals surface area contributed by atoms with E-state index in [0.717, 1.165) is 12.1 Å². The van der Waals surface area contributed by atoms with Crippen LogP contribution in [-0.4, -0.2) is 20.7 Å². The van der Waals surface area contributed by atoms with Gasteiger partial charge in [-0.3, -0.25) is 9.89 Å². The first-order valence-electron chi connectivity index (χ1n) is 7.50. The third-order valence-electron chi connectivity index (χ3n) is 3.58. The maximum atomic E-state index is 13.0. The highest BCUT2D eigenvalue weighted by atomic mass is 32.1. The van der Waals surface area contributed by atoms with Crippen LogP contribution >= 0.6 is 12.2 Å². The monoisotopic (exact) mass is 370 g/mol. The number of nitrogens with zero attached hydrogens (tertiary/aromatic N) is 2. The van der Waals surface area contributed by atoms with Crippen LogP contribution in [0.3, 0.4) is 0 Å². The van der Waals surface area contributed by atoms with Crippen LogP contribution in [0.5, 0.6) is 0 Å². The third-order valence-corrected chi connectivity index (χ3v) is 3.89. The van der Waals surface area contributed by atoms with Crippen molar-refractivity contribution in [2.24, 2.45) is 0 Å². The number of aromatic nitrogens is 3. The molecule has 1 aromatic carbocycles. The molecule has 1 aromatic heterocycles. The molecular formula is C16H17F3N4OS. The minimum Gasteiger partial charge on any atom is -0.345 e. The summed E-state index contributed by atoms with van der Waals surface area (Å²) in [4.78, 5) is 12.0. The van der Waals surface area contributed by atoms with Gasteiger partial charge in [-0.1, -0.05) is 18.2 Å². The molecule has 0 bridgehead atoms. The fourth-order valence-electron chi connectivity index (χ4n) is 2.38. The van der Waals surface area contributed by atoms with E-state index in [1.807, 2.05) is 6.92 Å². The van der Waals surface area contributed by atoms with Gasteiger partial charge in [0.25, 0.3) is 0 Å². The van der Waals surface area contributed by atoms with Gasteiger partial charge < -0.3 is 9.88 Å². The number of halogens is 3. The number of allylic oxidation sites excluding steroid dienone is 1. The van der Waals surface area contributed by atoms with Crippen LogP contribution in [0.25, 0.3) is 5.57 Å². The zero-order valence-electron chi connectivity index (χ0n) is 13.6. The number of aromatic amines is 1. The molecule has 5 nitrogen and oxygen atoms in total. The summed E-state index contributed by atoms with van der Waals surface area (Å²) >= 11 is 5.05. The average Bonchev–Trinajstić information content (AvgIpc) is 2.92. The predicted molar refractivity (Wildman–Crippen MR) is 90.0 cm³/mol. The van der Waals surface area contributed by atoms with Crippen LogP contribution in [0.4, 0.5) is 13.2 Å². The Labute approximate surface area is 147 Å². The van der Waals surface area contributed by atoms with Crippen molar-refractivity contribution in [3.8, 4) is 0 Å². The summed E-state index contributed by atoms with van der Waals surface area (Å²) in [5, 5.41) is 9.23. The highest BCUT2D eigenvalue weighted by Crippen LogP contribution is 2.34. The number of H-pyrrole nitrogens is 1. The molecule has 1 heterocycles. The summed E-state index contributed by atoms with van der Waals surface area (Å²) in [6.45, 7) is 4.06. The first-order valence-corrected chi connectivity index (χ1v) is 7.91. The lowest BCUT2D eigenvalue weighted by Crippen LogP contribution is -2.23. The Kier molecular flexibility index (Phi) is 5.78. The summed E-state index contributed by atoms with van der Waals surface area (Å²) in [7, 11) is 0. The van der Waals surface area contributed by atoms with Crippen molar-refractivity contribution in [3.05, 3.63) is 52.1 Å². The van der Waals surface area contributed by atoms with Gasteiger partial charge in [-0.25, -0.2) is 0 Å². The lowest BCUT2D eigenvalue weighted by molar-refractivity contribution is -0.137. The molecule has 0 spiro atoms. The second-order valence-electron chi connectivity index (χ2n) is 5.28. The van der Waals surface area contributed by atoms with Crippen LogP contribution < -0.4 is 5.32 Å². The Hall–Kier alpha value is -2.42. The van der Waals surface area contributed by atoms with Crippen molar-refractivity contribution >= 4 is 23.7 Å². The maximum absolute atomic E-state index is 13.0. The van der Waals surface area contributed by atoms with Crippen molar-refractivity contribution in [3.63, 3.8) is 0 Å². The second-order valence-corrected chi connectivity index (χ2v) is 5.66. The number of carbonyl (C=O) groups is 1. The van der Waals surface area contributed by atoms with E-state index in [0.29, 0.717) is 17.1 Å². The van der Waals surface area contributed by atoms with Crippen molar-refractivity contribution in [1.82, 2.24) is 20.1 Å². The molecule has 0 radical (unpaired) electrons. The maximum Gasteiger partial charge on any atom is 0.416 e. The second kappa shape index (κ2) is 7.64. The minimum absolute atomic E-state index is 0.0265. The quantitative estimate of drug-likeness (QED) is 0.623. The van der Waals surface area contributed by atoms with E-state index < -0.39 is 17.6 Å². The Balaban J connectivity index is 2.15. The molecule has 0 atom stereocenters. The molecule has 9 heteroatoms. The largest absolute Gasteiger partial charge is 0.416 e. The molecule has 0 fully saturated rings. The number of rotatable bonds is 5. The van der Waals surface area contributed by atoms with Gasteiger partial charge in [-0.15, -0.1) is 0 Å². The van der Waals surface area contributed by atoms with Gasteiger partial charge in [0.05, 0.1) is 12.1 Å². The molecule has 0 aliphatic carbocycles. The minimum atomic E-state index is -4.48. The van der Waals surface area contributed by atoms with E-state index >= 15 is 0 Å². The van der Waals surface area contributed by atoms with E-state index in [2.05, 4.69) is 15.5 Å². The fourth-order valence-corrected chi connectivity index (χ4v) is 2.66. The zero-order valence-corrected chi connectivity index (χ0v) is 14.5. The molecule has 25 heavy (non-hydrogen) atoms. The van der Waals surface area contributed by atoms with E-state index in [-0.39, 0.29) is 17.7 Å². The number of nitrogens with one attached hydrogen (secondary N) is 2. The first-order chi connectivity index (χ1) is 11.7. The van der Waals surface area contributed by atoms with Gasteiger partial charge in [-0.2, -0.15) is 18.3 Å². The van der Waals surface area contributed by atoms with Crippen LogP contribution in [0.2, 0.25) is 0 Å². The van der Waals surface area contributed by atoms with Crippen molar-refractivity contribution in [2.75, 3.05) is 0 Å². The van der Waals surface area contributed by atoms with E-state index in [1.54, 1.807) is 4.57 Å². The Morgan fingerprint density at radius 1 is 1.40 bits per heavy atom. The van der Waals surface area contributed by atoms with Crippen LogP contribution in [0, 0.1) is 4.77 Å². The molecule has 0 aliphatic heterocycles. The number of hydrogen-bond acceptors (Lipinski definition) is 3. The number of hydrogen-bond donors (Lipinski definition) is 2. The van der Waals surface area contributed by atoms with Gasteiger partial charge >= 0.3 is 6.18 Å². The normalized spacial score (nSPS) is 12.3. The molecule has 2 aromatic rings. The molecular weight excluding hydrogens is 353 g/mol. The Morgan fingerprint density at radius 2 is 2.08 bits per heavy atom. The summed E-state index contributed by atoms with van der Waals surface area (Å²) in [6.07, 6.45) is -3.34. The van der Waals surface area contributed by atoms with Gasteiger partial charge in [0.2, 0.25) is 5.91 Å². The zero-order chi connectivity index (χ0) is 18.6. The predicted octanol–water partition coefficient (Wildman–Crippen LogP) is 3.70. The molecule has 134 valence electrons. The first kappa shape index (κ1) is 18.9. The number of alkyl halides is 3. The molecule has 2 rings (SSSR count). The summed E-state index contributed by atoms with van der Waals surface area (Å²) in [6, 6.07) is 5.14. The van der Waals surface area contributed by atoms with Crippen molar-refractivity contribution in [1.29, 1.82) is 0 Å². The van der Waals surface area contributed by atoms with Gasteiger partial charge in [0, 0.05) is 12.6 Å². The summed E-state index contributed by atoms with van der Waals surface area (Å²) < 4.78 is 41.3. The van der Waals surface area contributed by atoms with E-state index in [4.69, 9.17) is 12.2 Å². The van der Waals surface area contributed by atoms with Crippen molar-refractivity contribution < 1.29 is 18.0 Å². The standard InChI is InChI=1S/C16H17F3N4OS/c1-3-23-13(21-22-15(23)25)9-20-14(24)8-10(2)11-6-4-5-7-12(11)16(17,18)19/h4-8H,3,9H2,1-2H3,(H,20,24)(H,22,25). The summed E-state index contributed by atoms with van der Waals surface area (Å²) in [5.74, 6) is 0.0358. The Bertz CT molecular complexity index is 852. The average molecular weight is 370 g/mol. The molecule has 0 saturated heterocycles. The number of carbonyl (C=O) groups excluding carboxylic acids is 1. The lowest BCUT2D eigenvalue weighted by Gasteiger charge is -2.13. The van der Waals surface area contributed by atoms with Gasteiger partial charge in [0.1, 0.15) is 0 Å². The molecule has 0 saturated carbocycles. The molecule has 1 amide bonds. The number of benzene rings is 1. The van der Waals surface area contributed by atoms with Gasteiger partial charge in [-0.05, 0) is 43.3 Å². The van der Waals surface area contributed by atoms with Crippen LogP contribution in [0.15, 0.2) is 30.3 Å². The molecule has 0 unspecified atom stereocenters. The smallest absolute Gasteiger partial charge is 0.345 e. The molecule has 2 N–H and O–H groups in total. The Morgan fingerprint density at radius 3 is 2.72 bits per heavy atom. The fraction of sp³-hybridized carbons (Fsp3) is 0.312. The highest BCUT2D eigenvalue weighted by Gasteiger charge is 2.33. The van der Waals surface area contributed by atoms with Crippen LogP contribution in [-0.2, 0) is 24.1 Å². The van der Waals surface area contributed by atoms with E-state index in [1.165, 1.54) is 25.1 Å². The highest BCUT2D eigenvalue weighted by molar-refractivity contribution is 7.71. The summed E-state index contributed by atoms with van der Waals surface area (Å²) in [5.41, 5.74) is -0.579.